The third-order valence-electron chi connectivity index (χ3n) is 3.17. The molecule has 86 valence electrons. The fourth-order valence-corrected chi connectivity index (χ4v) is 2.41. The Balaban J connectivity index is 1.76. The SMILES string of the molecule is CC(C)(C)OC(=O)N[C@@H]1C[C@H]2CNC[C@@H]21. The van der Waals surface area contributed by atoms with Crippen molar-refractivity contribution in [2.24, 2.45) is 11.8 Å². The van der Waals surface area contributed by atoms with Crippen LogP contribution in [0.4, 0.5) is 4.79 Å². The molecule has 1 saturated carbocycles. The van der Waals surface area contributed by atoms with E-state index in [2.05, 4.69) is 10.6 Å². The first-order valence-corrected chi connectivity index (χ1v) is 5.66. The molecule has 2 rings (SSSR count). The fraction of sp³-hybridized carbons (Fsp3) is 0.909. The maximum atomic E-state index is 11.5. The summed E-state index contributed by atoms with van der Waals surface area (Å²) in [6.45, 7) is 7.79. The van der Waals surface area contributed by atoms with E-state index in [1.807, 2.05) is 20.8 Å². The zero-order chi connectivity index (χ0) is 11.1. The average molecular weight is 212 g/mol. The molecule has 1 aliphatic heterocycles. The van der Waals surface area contributed by atoms with Crippen LogP contribution in [0, 0.1) is 11.8 Å². The maximum Gasteiger partial charge on any atom is 0.407 e. The summed E-state index contributed by atoms with van der Waals surface area (Å²) in [6, 6.07) is 0.319. The highest BCUT2D eigenvalue weighted by molar-refractivity contribution is 5.68. The molecule has 4 nitrogen and oxygen atoms in total. The summed E-state index contributed by atoms with van der Waals surface area (Å²) >= 11 is 0. The molecule has 3 atom stereocenters. The molecule has 0 spiro atoms. The Morgan fingerprint density at radius 3 is 2.73 bits per heavy atom. The van der Waals surface area contributed by atoms with Gasteiger partial charge in [-0.2, -0.15) is 0 Å². The number of amides is 1. The molecule has 1 amide bonds. The number of hydrogen-bond donors (Lipinski definition) is 2. The minimum absolute atomic E-state index is 0.280. The molecule has 2 fully saturated rings. The van der Waals surface area contributed by atoms with E-state index in [9.17, 15) is 4.79 Å². The second-order valence-corrected chi connectivity index (χ2v) is 5.57. The number of carbonyl (C=O) groups is 1. The van der Waals surface area contributed by atoms with Crippen molar-refractivity contribution in [3.8, 4) is 0 Å². The van der Waals surface area contributed by atoms with E-state index in [1.54, 1.807) is 0 Å². The lowest BCUT2D eigenvalue weighted by molar-refractivity contribution is 0.0403. The van der Waals surface area contributed by atoms with Gasteiger partial charge in [-0.15, -0.1) is 0 Å². The van der Waals surface area contributed by atoms with Crippen LogP contribution < -0.4 is 10.6 Å². The quantitative estimate of drug-likeness (QED) is 0.685. The first-order chi connectivity index (χ1) is 6.96. The summed E-state index contributed by atoms with van der Waals surface area (Å²) in [5.74, 6) is 1.39. The molecule has 0 aromatic heterocycles. The van der Waals surface area contributed by atoms with Crippen molar-refractivity contribution >= 4 is 6.09 Å². The largest absolute Gasteiger partial charge is 0.444 e. The lowest BCUT2D eigenvalue weighted by atomic mass is 9.71. The molecule has 0 radical (unpaired) electrons. The third kappa shape index (κ3) is 2.43. The molecule has 1 heterocycles. The van der Waals surface area contributed by atoms with Crippen molar-refractivity contribution in [2.45, 2.75) is 38.8 Å². The molecule has 0 unspecified atom stereocenters. The van der Waals surface area contributed by atoms with E-state index in [-0.39, 0.29) is 6.09 Å². The summed E-state index contributed by atoms with van der Waals surface area (Å²) in [7, 11) is 0. The van der Waals surface area contributed by atoms with Crippen LogP contribution in [0.3, 0.4) is 0 Å². The number of carbonyl (C=O) groups excluding carboxylic acids is 1. The van der Waals surface area contributed by atoms with E-state index in [0.29, 0.717) is 12.0 Å². The van der Waals surface area contributed by atoms with E-state index in [4.69, 9.17) is 4.74 Å². The lowest BCUT2D eigenvalue weighted by Gasteiger charge is -2.40. The zero-order valence-electron chi connectivity index (χ0n) is 9.67. The number of alkyl carbamates (subject to hydrolysis) is 1. The maximum absolute atomic E-state index is 11.5. The van der Waals surface area contributed by atoms with Gasteiger partial charge in [0.05, 0.1) is 0 Å². The lowest BCUT2D eigenvalue weighted by Crippen LogP contribution is -2.52. The number of hydrogen-bond acceptors (Lipinski definition) is 3. The van der Waals surface area contributed by atoms with Gasteiger partial charge in [0.25, 0.3) is 0 Å². The molecule has 15 heavy (non-hydrogen) atoms. The molecule has 0 aromatic rings. The Kier molecular flexibility index (Phi) is 2.63. The highest BCUT2D eigenvalue weighted by Gasteiger charge is 2.44. The Morgan fingerprint density at radius 2 is 2.13 bits per heavy atom. The summed E-state index contributed by atoms with van der Waals surface area (Å²) in [6.07, 6.45) is 0.814. The smallest absolute Gasteiger partial charge is 0.407 e. The van der Waals surface area contributed by atoms with E-state index >= 15 is 0 Å². The van der Waals surface area contributed by atoms with Crippen LogP contribution >= 0.6 is 0 Å². The molecule has 0 bridgehead atoms. The minimum atomic E-state index is -0.402. The number of fused-ring (bicyclic) bond motifs is 1. The summed E-state index contributed by atoms with van der Waals surface area (Å²) < 4.78 is 5.22. The third-order valence-corrected chi connectivity index (χ3v) is 3.17. The van der Waals surface area contributed by atoms with Gasteiger partial charge in [-0.1, -0.05) is 0 Å². The van der Waals surface area contributed by atoms with Gasteiger partial charge in [0.2, 0.25) is 0 Å². The monoisotopic (exact) mass is 212 g/mol. The predicted molar refractivity (Wildman–Crippen MR) is 57.6 cm³/mol. The van der Waals surface area contributed by atoms with Crippen LogP contribution in [-0.2, 0) is 4.74 Å². The molecule has 1 saturated heterocycles. The van der Waals surface area contributed by atoms with Gasteiger partial charge in [0, 0.05) is 12.6 Å². The summed E-state index contributed by atoms with van der Waals surface area (Å²) in [4.78, 5) is 11.5. The summed E-state index contributed by atoms with van der Waals surface area (Å²) in [5, 5.41) is 6.29. The molecule has 2 N–H and O–H groups in total. The molecule has 4 heteroatoms. The van der Waals surface area contributed by atoms with Crippen LogP contribution in [0.25, 0.3) is 0 Å². The zero-order valence-corrected chi connectivity index (χ0v) is 9.67. The highest BCUT2D eigenvalue weighted by Crippen LogP contribution is 2.37. The number of ether oxygens (including phenoxy) is 1. The van der Waals surface area contributed by atoms with Gasteiger partial charge >= 0.3 is 6.09 Å². The topological polar surface area (TPSA) is 50.4 Å². The molecule has 0 aromatic carbocycles. The van der Waals surface area contributed by atoms with Gasteiger partial charge in [0.15, 0.2) is 0 Å². The highest BCUT2D eigenvalue weighted by atomic mass is 16.6. The number of rotatable bonds is 1. The second kappa shape index (κ2) is 3.67. The summed E-state index contributed by atoms with van der Waals surface area (Å²) in [5.41, 5.74) is -0.402. The Bertz CT molecular complexity index is 260. The van der Waals surface area contributed by atoms with Gasteiger partial charge in [-0.3, -0.25) is 0 Å². The standard InChI is InChI=1S/C11H20N2O2/c1-11(2,3)15-10(14)13-9-4-7-5-12-6-8(7)9/h7-9,12H,4-6H2,1-3H3,(H,13,14)/t7-,8-,9+/m0/s1. The molecular formula is C11H20N2O2. The molecule has 1 aliphatic carbocycles. The van der Waals surface area contributed by atoms with Crippen molar-refractivity contribution in [3.05, 3.63) is 0 Å². The minimum Gasteiger partial charge on any atom is -0.444 e. The first kappa shape index (κ1) is 10.7. The van der Waals surface area contributed by atoms with Crippen molar-refractivity contribution < 1.29 is 9.53 Å². The van der Waals surface area contributed by atoms with Crippen LogP contribution in [-0.4, -0.2) is 30.8 Å². The predicted octanol–water partition coefficient (Wildman–Crippen LogP) is 1.12. The second-order valence-electron chi connectivity index (χ2n) is 5.57. The van der Waals surface area contributed by atoms with Gasteiger partial charge in [0.1, 0.15) is 5.60 Å². The van der Waals surface area contributed by atoms with Crippen LogP contribution in [0.2, 0.25) is 0 Å². The Hall–Kier alpha value is -0.770. The Labute approximate surface area is 90.8 Å². The van der Waals surface area contributed by atoms with Gasteiger partial charge in [-0.25, -0.2) is 4.79 Å². The average Bonchev–Trinajstić information content (AvgIpc) is 2.39. The van der Waals surface area contributed by atoms with Crippen molar-refractivity contribution in [1.82, 2.24) is 10.6 Å². The normalized spacial score (nSPS) is 34.2. The fourth-order valence-electron chi connectivity index (χ4n) is 2.41. The van der Waals surface area contributed by atoms with E-state index < -0.39 is 5.60 Å². The molecule has 2 aliphatic rings. The van der Waals surface area contributed by atoms with E-state index in [1.165, 1.54) is 0 Å². The van der Waals surface area contributed by atoms with Gasteiger partial charge in [-0.05, 0) is 45.6 Å². The van der Waals surface area contributed by atoms with Crippen molar-refractivity contribution in [3.63, 3.8) is 0 Å². The number of nitrogens with one attached hydrogen (secondary N) is 2. The van der Waals surface area contributed by atoms with E-state index in [0.717, 1.165) is 25.4 Å². The van der Waals surface area contributed by atoms with Crippen LogP contribution in [0.5, 0.6) is 0 Å². The Morgan fingerprint density at radius 1 is 1.40 bits per heavy atom. The van der Waals surface area contributed by atoms with Gasteiger partial charge < -0.3 is 15.4 Å². The molecular weight excluding hydrogens is 192 g/mol. The van der Waals surface area contributed by atoms with Crippen molar-refractivity contribution in [2.75, 3.05) is 13.1 Å². The van der Waals surface area contributed by atoms with Crippen LogP contribution in [0.1, 0.15) is 27.2 Å². The first-order valence-electron chi connectivity index (χ1n) is 5.66. The van der Waals surface area contributed by atoms with Crippen molar-refractivity contribution in [1.29, 1.82) is 0 Å². The van der Waals surface area contributed by atoms with Crippen LogP contribution in [0.15, 0.2) is 0 Å².